The Balaban J connectivity index is 2.46. The number of nitriles is 1. The van der Waals surface area contributed by atoms with Gasteiger partial charge in [0.1, 0.15) is 6.61 Å². The van der Waals surface area contributed by atoms with E-state index in [9.17, 15) is 4.79 Å². The molecule has 0 fully saturated rings. The predicted octanol–water partition coefficient (Wildman–Crippen LogP) is 1.23. The van der Waals surface area contributed by atoms with Crippen LogP contribution in [0.3, 0.4) is 0 Å². The Bertz CT molecular complexity index is 500. The Morgan fingerprint density at radius 2 is 2.29 bits per heavy atom. The van der Waals surface area contributed by atoms with Crippen LogP contribution in [-0.4, -0.2) is 5.97 Å². The minimum atomic E-state index is -0.319. The first kappa shape index (κ1) is 8.34. The fourth-order valence-corrected chi connectivity index (χ4v) is 1.29. The Morgan fingerprint density at radius 3 is 3.07 bits per heavy atom. The molecule has 0 saturated carbocycles. The summed E-state index contributed by atoms with van der Waals surface area (Å²) in [5.41, 5.74) is 2.08. The number of carbonyl (C=O) groups is 1. The van der Waals surface area contributed by atoms with Gasteiger partial charge in [-0.05, 0) is 12.1 Å². The summed E-state index contributed by atoms with van der Waals surface area (Å²) >= 11 is 0. The molecule has 0 aromatic heterocycles. The molecule has 3 nitrogen and oxygen atoms in total. The SMILES string of the molecule is N#CC#Cc1ccc2c(c1)C(=O)OC2. The van der Waals surface area contributed by atoms with Crippen LogP contribution in [0.15, 0.2) is 18.2 Å². The molecule has 0 spiro atoms. The standard InChI is InChI=1S/C11H5NO2/c12-5-1-2-8-3-4-9-7-14-11(13)10(9)6-8/h3-4,6H,7H2. The minimum absolute atomic E-state index is 0.319. The van der Waals surface area contributed by atoms with Gasteiger partial charge in [0.2, 0.25) is 0 Å². The minimum Gasteiger partial charge on any atom is -0.457 e. The van der Waals surface area contributed by atoms with Gasteiger partial charge in [-0.15, -0.1) is 0 Å². The molecule has 66 valence electrons. The average molecular weight is 183 g/mol. The first-order chi connectivity index (χ1) is 6.81. The molecule has 1 aliphatic rings. The summed E-state index contributed by atoms with van der Waals surface area (Å²) < 4.78 is 4.83. The van der Waals surface area contributed by atoms with E-state index < -0.39 is 0 Å². The molecule has 1 aromatic carbocycles. The van der Waals surface area contributed by atoms with Crippen LogP contribution in [0, 0.1) is 23.2 Å². The molecular formula is C11H5NO2. The number of esters is 1. The number of carbonyl (C=O) groups excluding carboxylic acids is 1. The molecule has 0 N–H and O–H groups in total. The maximum atomic E-state index is 11.2. The van der Waals surface area contributed by atoms with Crippen molar-refractivity contribution in [3.63, 3.8) is 0 Å². The molecule has 0 unspecified atom stereocenters. The Hall–Kier alpha value is -2.26. The van der Waals surface area contributed by atoms with Gasteiger partial charge in [-0.2, -0.15) is 5.26 Å². The third-order valence-electron chi connectivity index (χ3n) is 1.95. The molecule has 3 heteroatoms. The molecule has 0 radical (unpaired) electrons. The zero-order valence-electron chi connectivity index (χ0n) is 7.20. The van der Waals surface area contributed by atoms with E-state index >= 15 is 0 Å². The maximum absolute atomic E-state index is 11.2. The largest absolute Gasteiger partial charge is 0.457 e. The average Bonchev–Trinajstić information content (AvgIpc) is 2.57. The first-order valence-corrected chi connectivity index (χ1v) is 4.01. The fraction of sp³-hybridized carbons (Fsp3) is 0.0909. The second-order valence-electron chi connectivity index (χ2n) is 2.81. The summed E-state index contributed by atoms with van der Waals surface area (Å²) in [6.45, 7) is 0.333. The summed E-state index contributed by atoms with van der Waals surface area (Å²) in [6.07, 6.45) is 0. The molecular weight excluding hydrogens is 178 g/mol. The van der Waals surface area contributed by atoms with Crippen LogP contribution in [0.2, 0.25) is 0 Å². The Kier molecular flexibility index (Phi) is 1.93. The molecule has 1 aromatic rings. The van der Waals surface area contributed by atoms with Crippen LogP contribution in [-0.2, 0) is 11.3 Å². The van der Waals surface area contributed by atoms with Crippen LogP contribution in [0.1, 0.15) is 21.5 Å². The van der Waals surface area contributed by atoms with Crippen molar-refractivity contribution in [2.24, 2.45) is 0 Å². The quantitative estimate of drug-likeness (QED) is 0.449. The molecule has 0 amide bonds. The van der Waals surface area contributed by atoms with E-state index in [1.165, 1.54) is 0 Å². The number of hydrogen-bond acceptors (Lipinski definition) is 3. The molecule has 2 rings (SSSR count). The molecule has 14 heavy (non-hydrogen) atoms. The lowest BCUT2D eigenvalue weighted by Gasteiger charge is -1.93. The van der Waals surface area contributed by atoms with E-state index in [0.29, 0.717) is 17.7 Å². The van der Waals surface area contributed by atoms with Gasteiger partial charge in [0.25, 0.3) is 0 Å². The highest BCUT2D eigenvalue weighted by Crippen LogP contribution is 2.20. The van der Waals surface area contributed by atoms with Crippen molar-refractivity contribution < 1.29 is 9.53 Å². The predicted molar refractivity (Wildman–Crippen MR) is 48.1 cm³/mol. The normalized spacial score (nSPS) is 12.1. The number of hydrogen-bond donors (Lipinski definition) is 0. The Labute approximate surface area is 80.9 Å². The molecule has 0 saturated heterocycles. The van der Waals surface area contributed by atoms with Gasteiger partial charge in [-0.25, -0.2) is 4.79 Å². The highest BCUT2D eigenvalue weighted by Gasteiger charge is 2.20. The van der Waals surface area contributed by atoms with Crippen LogP contribution >= 0.6 is 0 Å². The molecule has 1 heterocycles. The van der Waals surface area contributed by atoms with E-state index in [-0.39, 0.29) is 5.97 Å². The van der Waals surface area contributed by atoms with Crippen molar-refractivity contribution in [3.05, 3.63) is 34.9 Å². The third kappa shape index (κ3) is 1.32. The summed E-state index contributed by atoms with van der Waals surface area (Å²) in [6, 6.07) is 6.93. The number of ether oxygens (including phenoxy) is 1. The number of fused-ring (bicyclic) bond motifs is 1. The monoisotopic (exact) mass is 183 g/mol. The molecule has 0 bridgehead atoms. The van der Waals surface area contributed by atoms with E-state index in [4.69, 9.17) is 10.00 Å². The van der Waals surface area contributed by atoms with Crippen LogP contribution in [0.25, 0.3) is 0 Å². The van der Waals surface area contributed by atoms with Crippen molar-refractivity contribution in [2.45, 2.75) is 6.61 Å². The van der Waals surface area contributed by atoms with Crippen LogP contribution in [0.5, 0.6) is 0 Å². The van der Waals surface area contributed by atoms with E-state index in [1.54, 1.807) is 24.3 Å². The van der Waals surface area contributed by atoms with Gasteiger partial charge in [-0.1, -0.05) is 12.0 Å². The molecule has 1 aliphatic heterocycles. The topological polar surface area (TPSA) is 50.1 Å². The smallest absolute Gasteiger partial charge is 0.338 e. The second kappa shape index (κ2) is 3.24. The number of benzene rings is 1. The van der Waals surface area contributed by atoms with Crippen molar-refractivity contribution in [3.8, 4) is 17.9 Å². The summed E-state index contributed by atoms with van der Waals surface area (Å²) in [7, 11) is 0. The van der Waals surface area contributed by atoms with Crippen LogP contribution < -0.4 is 0 Å². The number of nitrogens with zero attached hydrogens (tertiary/aromatic N) is 1. The maximum Gasteiger partial charge on any atom is 0.338 e. The van der Waals surface area contributed by atoms with Gasteiger partial charge < -0.3 is 4.74 Å². The van der Waals surface area contributed by atoms with Crippen molar-refractivity contribution in [1.82, 2.24) is 0 Å². The Morgan fingerprint density at radius 1 is 1.43 bits per heavy atom. The van der Waals surface area contributed by atoms with Gasteiger partial charge >= 0.3 is 5.97 Å². The van der Waals surface area contributed by atoms with Crippen molar-refractivity contribution in [2.75, 3.05) is 0 Å². The molecule has 0 aliphatic carbocycles. The molecule has 0 atom stereocenters. The second-order valence-corrected chi connectivity index (χ2v) is 2.81. The lowest BCUT2D eigenvalue weighted by atomic mass is 10.1. The number of cyclic esters (lactones) is 1. The lowest BCUT2D eigenvalue weighted by Crippen LogP contribution is -1.93. The van der Waals surface area contributed by atoms with Gasteiger partial charge in [0.15, 0.2) is 6.07 Å². The summed E-state index contributed by atoms with van der Waals surface area (Å²) in [5.74, 6) is 4.58. The first-order valence-electron chi connectivity index (χ1n) is 4.01. The number of rotatable bonds is 0. The van der Waals surface area contributed by atoms with E-state index in [0.717, 1.165) is 5.56 Å². The van der Waals surface area contributed by atoms with Gasteiger partial charge in [0.05, 0.1) is 5.56 Å². The zero-order valence-corrected chi connectivity index (χ0v) is 7.20. The van der Waals surface area contributed by atoms with Crippen molar-refractivity contribution >= 4 is 5.97 Å². The summed E-state index contributed by atoms with van der Waals surface area (Å²) in [5, 5.41) is 8.26. The van der Waals surface area contributed by atoms with Gasteiger partial charge in [-0.3, -0.25) is 0 Å². The van der Waals surface area contributed by atoms with E-state index in [1.807, 2.05) is 0 Å². The summed E-state index contributed by atoms with van der Waals surface area (Å²) in [4.78, 5) is 11.2. The van der Waals surface area contributed by atoms with E-state index in [2.05, 4.69) is 11.8 Å². The van der Waals surface area contributed by atoms with Crippen LogP contribution in [0.4, 0.5) is 0 Å². The van der Waals surface area contributed by atoms with Gasteiger partial charge in [0, 0.05) is 17.0 Å². The highest BCUT2D eigenvalue weighted by molar-refractivity contribution is 5.93. The lowest BCUT2D eigenvalue weighted by molar-refractivity contribution is 0.0535. The highest BCUT2D eigenvalue weighted by atomic mass is 16.5. The third-order valence-corrected chi connectivity index (χ3v) is 1.95. The zero-order chi connectivity index (χ0) is 9.97. The fourth-order valence-electron chi connectivity index (χ4n) is 1.29. The van der Waals surface area contributed by atoms with Crippen molar-refractivity contribution in [1.29, 1.82) is 5.26 Å².